The number of hydrogen-bond acceptors (Lipinski definition) is 6. The number of amides is 2. The van der Waals surface area contributed by atoms with Gasteiger partial charge in [0.2, 0.25) is 11.8 Å². The van der Waals surface area contributed by atoms with Crippen LogP contribution in [-0.4, -0.2) is 48.0 Å². The van der Waals surface area contributed by atoms with Gasteiger partial charge in [-0.25, -0.2) is 9.59 Å². The van der Waals surface area contributed by atoms with Crippen LogP contribution in [0.4, 0.5) is 0 Å². The summed E-state index contributed by atoms with van der Waals surface area (Å²) in [4.78, 5) is 50.0. The Kier molecular flexibility index (Phi) is 6.10. The van der Waals surface area contributed by atoms with Crippen molar-refractivity contribution >= 4 is 34.5 Å². The molecule has 180 valence electrons. The lowest BCUT2D eigenvalue weighted by Crippen LogP contribution is -2.59. The van der Waals surface area contributed by atoms with Crippen molar-refractivity contribution in [3.05, 3.63) is 46.5 Å². The average molecular weight is 467 g/mol. The molecule has 2 aromatic rings. The second-order valence-corrected chi connectivity index (χ2v) is 9.19. The van der Waals surface area contributed by atoms with Gasteiger partial charge in [-0.05, 0) is 46.9 Å². The third-order valence-electron chi connectivity index (χ3n) is 6.64. The molecule has 0 radical (unpaired) electrons. The van der Waals surface area contributed by atoms with Crippen molar-refractivity contribution in [1.82, 2.24) is 10.6 Å². The maximum absolute atomic E-state index is 13.0. The first-order chi connectivity index (χ1) is 16.1. The topological polar surface area (TPSA) is 111 Å². The van der Waals surface area contributed by atoms with Crippen molar-refractivity contribution in [2.45, 2.75) is 64.5 Å². The van der Waals surface area contributed by atoms with Gasteiger partial charge < -0.3 is 20.1 Å². The van der Waals surface area contributed by atoms with Gasteiger partial charge in [0, 0.05) is 39.5 Å². The van der Waals surface area contributed by atoms with Crippen LogP contribution in [0.5, 0.6) is 0 Å². The summed E-state index contributed by atoms with van der Waals surface area (Å²) in [5.41, 5.74) is 1.41. The third-order valence-corrected chi connectivity index (χ3v) is 6.64. The summed E-state index contributed by atoms with van der Waals surface area (Å²) in [5.74, 6) is -1.49. The Bertz CT molecular complexity index is 1060. The summed E-state index contributed by atoms with van der Waals surface area (Å²) in [5, 5.41) is 7.81. The van der Waals surface area contributed by atoms with Crippen molar-refractivity contribution in [3.8, 4) is 0 Å². The summed E-state index contributed by atoms with van der Waals surface area (Å²) in [6.45, 7) is 6.72. The molecule has 4 rings (SSSR count). The summed E-state index contributed by atoms with van der Waals surface area (Å²) in [6.07, 6.45) is 1.25. The van der Waals surface area contributed by atoms with Crippen LogP contribution in [0.25, 0.3) is 10.8 Å². The molecule has 0 atom stereocenters. The molecular formula is C26H30N2O6. The Balaban J connectivity index is 1.82. The molecule has 2 aliphatic rings. The molecule has 0 saturated heterocycles. The number of rotatable bonds is 6. The first-order valence-corrected chi connectivity index (χ1v) is 11.6. The summed E-state index contributed by atoms with van der Waals surface area (Å²) in [6, 6.07) is 7.76. The predicted octanol–water partition coefficient (Wildman–Crippen LogP) is 1.91. The molecule has 8 heteroatoms. The van der Waals surface area contributed by atoms with E-state index in [1.807, 2.05) is 24.3 Å². The minimum atomic E-state index is -1.17. The van der Waals surface area contributed by atoms with Crippen LogP contribution in [0, 0.1) is 0 Å². The number of ether oxygens (including phenoxy) is 2. The Hall–Kier alpha value is -3.42. The molecule has 34 heavy (non-hydrogen) atoms. The minimum Gasteiger partial charge on any atom is -0.464 e. The molecule has 0 heterocycles. The number of hydrogen-bond donors (Lipinski definition) is 2. The zero-order valence-electron chi connectivity index (χ0n) is 20.0. The highest BCUT2D eigenvalue weighted by Crippen LogP contribution is 2.42. The van der Waals surface area contributed by atoms with E-state index in [9.17, 15) is 19.2 Å². The Morgan fingerprint density at radius 1 is 0.676 bits per heavy atom. The highest BCUT2D eigenvalue weighted by atomic mass is 16.5. The lowest BCUT2D eigenvalue weighted by atomic mass is 9.70. The van der Waals surface area contributed by atoms with Crippen molar-refractivity contribution < 1.29 is 28.7 Å². The van der Waals surface area contributed by atoms with Gasteiger partial charge in [-0.15, -0.1) is 0 Å². The van der Waals surface area contributed by atoms with Crippen LogP contribution >= 0.6 is 0 Å². The predicted molar refractivity (Wildman–Crippen MR) is 125 cm³/mol. The van der Waals surface area contributed by atoms with Gasteiger partial charge in [-0.1, -0.05) is 24.3 Å². The lowest BCUT2D eigenvalue weighted by Gasteiger charge is -2.40. The van der Waals surface area contributed by atoms with Gasteiger partial charge in [0.05, 0.1) is 13.2 Å². The number of nitrogens with one attached hydrogen (secondary N) is 2. The van der Waals surface area contributed by atoms with E-state index in [4.69, 9.17) is 9.47 Å². The fourth-order valence-corrected chi connectivity index (χ4v) is 5.59. The molecule has 0 aromatic heterocycles. The molecule has 2 N–H and O–H groups in total. The number of carbonyl (C=O) groups is 4. The molecule has 0 spiro atoms. The van der Waals surface area contributed by atoms with Crippen LogP contribution in [0.3, 0.4) is 0 Å². The normalized spacial score (nSPS) is 16.9. The Morgan fingerprint density at radius 2 is 0.971 bits per heavy atom. The first-order valence-electron chi connectivity index (χ1n) is 11.6. The maximum atomic E-state index is 13.0. The Labute approximate surface area is 198 Å². The fraction of sp³-hybridized carbons (Fsp3) is 0.462. The molecule has 0 fully saturated rings. The summed E-state index contributed by atoms with van der Waals surface area (Å²) in [7, 11) is 0. The second-order valence-electron chi connectivity index (χ2n) is 9.19. The summed E-state index contributed by atoms with van der Waals surface area (Å²) < 4.78 is 10.7. The van der Waals surface area contributed by atoms with Crippen LogP contribution in [0.2, 0.25) is 0 Å². The molecule has 0 saturated carbocycles. The number of benzene rings is 2. The standard InChI is InChI=1S/C26H30N2O6/c1-5-33-23(31)25(27-15(3)29)11-17-7-9-19-13-26(28-16(4)30,24(32)34-6-2)14-20-10-8-18(12-25)21(17)22(19)20/h7-10H,5-6,11-14H2,1-4H3,(H,27,29)(H,28,30). The van der Waals surface area contributed by atoms with E-state index in [2.05, 4.69) is 10.6 Å². The molecule has 8 nitrogen and oxygen atoms in total. The van der Waals surface area contributed by atoms with E-state index in [1.165, 1.54) is 13.8 Å². The first kappa shape index (κ1) is 23.7. The van der Waals surface area contributed by atoms with Crippen LogP contribution in [0.1, 0.15) is 49.9 Å². The second kappa shape index (κ2) is 8.74. The zero-order valence-corrected chi connectivity index (χ0v) is 20.0. The third kappa shape index (κ3) is 3.91. The number of esters is 2. The van der Waals surface area contributed by atoms with Crippen molar-refractivity contribution in [2.24, 2.45) is 0 Å². The van der Waals surface area contributed by atoms with E-state index in [1.54, 1.807) is 13.8 Å². The largest absolute Gasteiger partial charge is 0.464 e. The molecule has 2 aromatic carbocycles. The van der Waals surface area contributed by atoms with Crippen molar-refractivity contribution in [1.29, 1.82) is 0 Å². The van der Waals surface area contributed by atoms with Gasteiger partial charge in [-0.3, -0.25) is 9.59 Å². The molecule has 0 aliphatic heterocycles. The molecule has 2 amide bonds. The maximum Gasteiger partial charge on any atom is 0.332 e. The van der Waals surface area contributed by atoms with Gasteiger partial charge in [0.25, 0.3) is 0 Å². The molecule has 0 bridgehead atoms. The number of carbonyl (C=O) groups excluding carboxylic acids is 4. The average Bonchev–Trinajstić information content (AvgIpc) is 2.76. The fourth-order valence-electron chi connectivity index (χ4n) is 5.59. The molecule has 0 unspecified atom stereocenters. The van der Waals surface area contributed by atoms with Crippen LogP contribution in [0.15, 0.2) is 24.3 Å². The van der Waals surface area contributed by atoms with E-state index in [0.717, 1.165) is 33.0 Å². The van der Waals surface area contributed by atoms with E-state index < -0.39 is 23.0 Å². The zero-order chi connectivity index (χ0) is 24.7. The lowest BCUT2D eigenvalue weighted by molar-refractivity contribution is -0.153. The minimum absolute atomic E-state index is 0.222. The van der Waals surface area contributed by atoms with Gasteiger partial charge in [-0.2, -0.15) is 0 Å². The quantitative estimate of drug-likeness (QED) is 0.630. The highest BCUT2D eigenvalue weighted by Gasteiger charge is 2.48. The van der Waals surface area contributed by atoms with E-state index in [0.29, 0.717) is 25.7 Å². The monoisotopic (exact) mass is 466 g/mol. The van der Waals surface area contributed by atoms with Crippen LogP contribution in [-0.2, 0) is 54.3 Å². The van der Waals surface area contributed by atoms with Crippen LogP contribution < -0.4 is 10.6 Å². The summed E-state index contributed by atoms with van der Waals surface area (Å²) >= 11 is 0. The van der Waals surface area contributed by atoms with Gasteiger partial charge in [0.1, 0.15) is 11.1 Å². The highest BCUT2D eigenvalue weighted by molar-refractivity contribution is 6.01. The van der Waals surface area contributed by atoms with Crippen molar-refractivity contribution in [2.75, 3.05) is 13.2 Å². The van der Waals surface area contributed by atoms with Gasteiger partial charge in [0.15, 0.2) is 0 Å². The Morgan fingerprint density at radius 3 is 1.21 bits per heavy atom. The van der Waals surface area contributed by atoms with Gasteiger partial charge >= 0.3 is 11.9 Å². The van der Waals surface area contributed by atoms with E-state index >= 15 is 0 Å². The molecular weight excluding hydrogens is 436 g/mol. The smallest absolute Gasteiger partial charge is 0.332 e. The van der Waals surface area contributed by atoms with Crippen molar-refractivity contribution in [3.63, 3.8) is 0 Å². The molecule has 2 aliphatic carbocycles. The SMILES string of the molecule is CCOC(=O)C1(NC(C)=O)Cc2ccc3c4c(ccc(c24)C1)CC(NC(C)=O)(C(=O)OCC)C3. The van der Waals surface area contributed by atoms with E-state index in [-0.39, 0.29) is 25.0 Å².